The third-order valence-electron chi connectivity index (χ3n) is 13.6. The molecule has 2 saturated carbocycles. The molecule has 3 aliphatic carbocycles. The van der Waals surface area contributed by atoms with Gasteiger partial charge in [-0.2, -0.15) is 9.28 Å². The number of quaternary nitrogens is 1. The second-order valence-electron chi connectivity index (χ2n) is 19.3. The third-order valence-corrected chi connectivity index (χ3v) is 13.9. The summed E-state index contributed by atoms with van der Waals surface area (Å²) in [6.45, 7) is 17.3. The molecule has 2 aliphatic heterocycles. The fourth-order valence-corrected chi connectivity index (χ4v) is 11.5. The Labute approximate surface area is 340 Å². The maximum Gasteiger partial charge on any atom is 0.517 e. The molecule has 14 nitrogen and oxygen atoms in total. The molecule has 0 spiro atoms. The predicted molar refractivity (Wildman–Crippen MR) is 210 cm³/mol. The summed E-state index contributed by atoms with van der Waals surface area (Å²) in [5.41, 5.74) is -8.55. The number of hydrogen-bond acceptors (Lipinski definition) is 11. The number of carboxylic acid groups (broad SMARTS) is 2. The number of amides is 1. The second kappa shape index (κ2) is 14.4. The molecule has 4 N–H and O–H groups in total. The number of likely N-dealkylation sites (tertiary alicyclic amines) is 1. The number of ether oxygens (including phenoxy) is 3. The van der Waals surface area contributed by atoms with Crippen molar-refractivity contribution in [2.45, 2.75) is 148 Å². The number of rotatable bonds is 8. The van der Waals surface area contributed by atoms with E-state index in [1.165, 1.54) is 19.0 Å². The lowest BCUT2D eigenvalue weighted by atomic mass is 9.48. The van der Waals surface area contributed by atoms with Crippen LogP contribution in [0, 0.1) is 29.6 Å². The quantitative estimate of drug-likeness (QED) is 0.120. The van der Waals surface area contributed by atoms with Crippen LogP contribution in [0.25, 0.3) is 0 Å². The molecule has 3 fully saturated rings. The summed E-state index contributed by atoms with van der Waals surface area (Å²) < 4.78 is 16.9. The number of esters is 1. The fraction of sp³-hybridized carbons (Fsp3) is 0.714. The van der Waals surface area contributed by atoms with Crippen LogP contribution in [-0.2, 0) is 34.2 Å². The van der Waals surface area contributed by atoms with Crippen molar-refractivity contribution < 1.29 is 58.0 Å². The smallest absolute Gasteiger partial charge is 0.477 e. The number of hydrogen-bond donors (Lipinski definition) is 4. The van der Waals surface area contributed by atoms with E-state index in [0.29, 0.717) is 24.6 Å². The van der Waals surface area contributed by atoms with Crippen LogP contribution in [0.15, 0.2) is 29.8 Å². The standard InChI is InChI=1S/C42H60ClN3O11/c1-22-19-29-27(23(2)20-44-26-16-17-26)18-15-24(3)42(29,53)33(32(22)54-25(4)47)40(35(48)49)21-41(56-37(52)55-39(8,9)10)28-13-12-14-30(43)31(28)45(11)57-34(41)46(40,36(50)51)38(5,6)7/h12-14,19,23-24,26-27,29,32-34,44,53H,15-18,20-21H2,1-11H3,(H-,48,49,50,51)/p+1/t23-,24+,27-,29+,32-,33+,34+,40-,41+,42+,46?/m0/s1. The van der Waals surface area contributed by atoms with Gasteiger partial charge in [0.2, 0.25) is 11.1 Å². The minimum absolute atomic E-state index is 0.0331. The highest BCUT2D eigenvalue weighted by Crippen LogP contribution is 2.69. The first-order valence-electron chi connectivity index (χ1n) is 20.1. The lowest BCUT2D eigenvalue weighted by molar-refractivity contribution is -0.979. The number of benzene rings is 1. The number of carbonyl (C=O) groups excluding carboxylic acids is 2. The van der Waals surface area contributed by atoms with Crippen molar-refractivity contribution in [2.24, 2.45) is 29.6 Å². The maximum atomic E-state index is 15.1. The van der Waals surface area contributed by atoms with Gasteiger partial charge in [0.1, 0.15) is 17.2 Å². The van der Waals surface area contributed by atoms with Gasteiger partial charge in [-0.3, -0.25) is 4.79 Å². The normalized spacial score (nSPS) is 36.9. The summed E-state index contributed by atoms with van der Waals surface area (Å²) in [7, 11) is 1.52. The van der Waals surface area contributed by atoms with Crippen LogP contribution in [0.2, 0.25) is 5.02 Å². The van der Waals surface area contributed by atoms with Crippen LogP contribution in [0.3, 0.4) is 0 Å². The van der Waals surface area contributed by atoms with Gasteiger partial charge in [0.15, 0.2) is 0 Å². The summed E-state index contributed by atoms with van der Waals surface area (Å²) in [6.07, 6.45) is -1.44. The molecule has 2 heterocycles. The fourth-order valence-electron chi connectivity index (χ4n) is 11.2. The lowest BCUT2D eigenvalue weighted by Gasteiger charge is -2.63. The Morgan fingerprint density at radius 1 is 1.09 bits per heavy atom. The van der Waals surface area contributed by atoms with Gasteiger partial charge in [-0.15, -0.1) is 0 Å². The van der Waals surface area contributed by atoms with E-state index in [4.69, 9.17) is 30.6 Å². The van der Waals surface area contributed by atoms with E-state index >= 15 is 4.79 Å². The van der Waals surface area contributed by atoms with Crippen molar-refractivity contribution >= 4 is 41.5 Å². The zero-order valence-electron chi connectivity index (χ0n) is 35.1. The number of halogens is 1. The minimum atomic E-state index is -2.64. The number of hydroxylamine groups is 1. The van der Waals surface area contributed by atoms with Crippen molar-refractivity contribution in [3.63, 3.8) is 0 Å². The van der Waals surface area contributed by atoms with E-state index in [0.717, 1.165) is 19.3 Å². The number of nitrogens with one attached hydrogen (secondary N) is 1. The molecule has 0 bridgehead atoms. The van der Waals surface area contributed by atoms with Crippen LogP contribution >= 0.6 is 11.6 Å². The van der Waals surface area contributed by atoms with Crippen LogP contribution in [0.1, 0.15) is 107 Å². The second-order valence-corrected chi connectivity index (χ2v) is 19.7. The highest BCUT2D eigenvalue weighted by atomic mass is 35.5. The summed E-state index contributed by atoms with van der Waals surface area (Å²) in [5, 5.41) is 43.2. The van der Waals surface area contributed by atoms with Gasteiger partial charge in [0.25, 0.3) is 6.23 Å². The zero-order valence-corrected chi connectivity index (χ0v) is 35.8. The van der Waals surface area contributed by atoms with Gasteiger partial charge in [0, 0.05) is 31.5 Å². The Bertz CT molecular complexity index is 1840. The number of nitrogens with zero attached hydrogens (tertiary/aromatic N) is 2. The summed E-state index contributed by atoms with van der Waals surface area (Å²) in [5.74, 6) is -5.36. The number of anilines is 1. The predicted octanol–water partition coefficient (Wildman–Crippen LogP) is 7.00. The number of fused-ring (bicyclic) bond motifs is 4. The topological polar surface area (TPSA) is 181 Å². The van der Waals surface area contributed by atoms with Crippen LogP contribution < -0.4 is 10.4 Å². The minimum Gasteiger partial charge on any atom is -0.477 e. The van der Waals surface area contributed by atoms with E-state index in [1.54, 1.807) is 66.7 Å². The number of carbonyl (C=O) groups is 4. The van der Waals surface area contributed by atoms with Crippen molar-refractivity contribution in [1.82, 2.24) is 5.32 Å². The van der Waals surface area contributed by atoms with E-state index < -0.39 is 93.1 Å². The SMILES string of the molecule is CC(=O)O[C@H]1C(C)=C[C@@H]2[C@H]([C@@H](C)CNC3CC3)CC[C@@H](C)[C@]2(O)[C@H]1[C@]1(C(=O)O)C[C@@]2(OC(=O)OC(C)(C)C)c3cccc(Cl)c3N(C)O[C@H]2[N+]1(C(=O)O)C(C)(C)C. The summed E-state index contributed by atoms with van der Waals surface area (Å²) in [4.78, 5) is 63.8. The Morgan fingerprint density at radius 2 is 1.74 bits per heavy atom. The Hall–Kier alpha value is -3.43. The van der Waals surface area contributed by atoms with Crippen molar-refractivity contribution in [1.29, 1.82) is 0 Å². The number of carboxylic acids is 1. The van der Waals surface area contributed by atoms with Crippen molar-refractivity contribution in [3.05, 3.63) is 40.4 Å². The Kier molecular flexibility index (Phi) is 10.9. The van der Waals surface area contributed by atoms with Gasteiger partial charge in [-0.25, -0.2) is 19.5 Å². The van der Waals surface area contributed by atoms with E-state index in [-0.39, 0.29) is 28.1 Å². The van der Waals surface area contributed by atoms with Crippen molar-refractivity contribution in [3.8, 4) is 0 Å². The molecule has 6 rings (SSSR count). The monoisotopic (exact) mass is 818 g/mol. The molecule has 11 atom stereocenters. The molecule has 1 saturated heterocycles. The number of para-hydroxylation sites is 1. The first kappa shape index (κ1) is 43.2. The largest absolute Gasteiger partial charge is 0.517 e. The summed E-state index contributed by atoms with van der Waals surface area (Å²) >= 11 is 6.82. The molecule has 316 valence electrons. The highest BCUT2D eigenvalue weighted by molar-refractivity contribution is 6.33. The molecule has 1 aromatic carbocycles. The summed E-state index contributed by atoms with van der Waals surface area (Å²) in [6, 6.07) is 5.24. The molecule has 57 heavy (non-hydrogen) atoms. The average Bonchev–Trinajstić information content (AvgIpc) is 3.85. The van der Waals surface area contributed by atoms with E-state index in [9.17, 15) is 29.7 Å². The molecule has 1 unspecified atom stereocenters. The maximum absolute atomic E-state index is 15.1. The van der Waals surface area contributed by atoms with Gasteiger partial charge in [-0.05, 0) is 110 Å². The molecular formula is C42H61ClN3O11+. The van der Waals surface area contributed by atoms with E-state index in [1.807, 2.05) is 13.0 Å². The first-order valence-corrected chi connectivity index (χ1v) is 20.5. The lowest BCUT2D eigenvalue weighted by Crippen LogP contribution is -2.84. The van der Waals surface area contributed by atoms with Crippen molar-refractivity contribution in [2.75, 3.05) is 18.7 Å². The number of aliphatic hydroxyl groups is 1. The number of aliphatic carboxylic acids is 1. The average molecular weight is 819 g/mol. The molecular weight excluding hydrogens is 758 g/mol. The van der Waals surface area contributed by atoms with Crippen LogP contribution in [0.5, 0.6) is 0 Å². The molecule has 1 amide bonds. The van der Waals surface area contributed by atoms with E-state index in [2.05, 4.69) is 12.2 Å². The highest BCUT2D eigenvalue weighted by Gasteiger charge is 2.90. The van der Waals surface area contributed by atoms with Gasteiger partial charge >= 0.3 is 24.2 Å². The third kappa shape index (κ3) is 6.52. The van der Waals surface area contributed by atoms with Crippen LogP contribution in [0.4, 0.5) is 15.3 Å². The van der Waals surface area contributed by atoms with Gasteiger partial charge in [0.05, 0.1) is 28.6 Å². The first-order chi connectivity index (χ1) is 26.3. The Balaban J connectivity index is 1.73. The van der Waals surface area contributed by atoms with Gasteiger partial charge < -0.3 is 34.8 Å². The zero-order chi connectivity index (χ0) is 42.4. The van der Waals surface area contributed by atoms with Crippen LogP contribution in [-0.4, -0.2) is 98.2 Å². The molecule has 1 aromatic rings. The molecule has 0 radical (unpaired) electrons. The molecule has 5 aliphatic rings. The molecule has 0 aromatic heterocycles. The van der Waals surface area contributed by atoms with Gasteiger partial charge in [-0.1, -0.05) is 43.7 Å². The molecule has 15 heteroatoms. The Morgan fingerprint density at radius 3 is 2.28 bits per heavy atom.